The minimum Gasteiger partial charge on any atom is -0.487 e. The Kier molecular flexibility index (Phi) is 4.09. The zero-order valence-electron chi connectivity index (χ0n) is 12.1. The van der Waals surface area contributed by atoms with E-state index in [2.05, 4.69) is 0 Å². The highest BCUT2D eigenvalue weighted by Crippen LogP contribution is 2.35. The van der Waals surface area contributed by atoms with Gasteiger partial charge in [0.1, 0.15) is 11.9 Å². The summed E-state index contributed by atoms with van der Waals surface area (Å²) in [6, 6.07) is 5.11. The van der Waals surface area contributed by atoms with Gasteiger partial charge in [-0.3, -0.25) is 9.59 Å². The fourth-order valence-corrected chi connectivity index (χ4v) is 2.25. The number of ether oxygens (including phenoxy) is 1. The molecule has 5 nitrogen and oxygen atoms in total. The molecular weight excluding hydrogens is 256 g/mol. The molecule has 1 aliphatic heterocycles. The normalized spacial score (nSPS) is 17.6. The first kappa shape index (κ1) is 14.5. The number of ketones is 1. The largest absolute Gasteiger partial charge is 0.487 e. The van der Waals surface area contributed by atoms with E-state index in [1.165, 1.54) is 0 Å². The van der Waals surface area contributed by atoms with Crippen molar-refractivity contribution < 1.29 is 14.3 Å². The Morgan fingerprint density at radius 3 is 2.75 bits per heavy atom. The summed E-state index contributed by atoms with van der Waals surface area (Å²) in [6.07, 6.45) is -0.0683. The SMILES string of the molecule is CC1CN(C(=O)C(C)C)c2cc(C(=O)CN)ccc2O1. The van der Waals surface area contributed by atoms with Gasteiger partial charge in [-0.15, -0.1) is 0 Å². The van der Waals surface area contributed by atoms with Crippen molar-refractivity contribution in [1.29, 1.82) is 0 Å². The first-order chi connectivity index (χ1) is 9.43. The van der Waals surface area contributed by atoms with Crippen molar-refractivity contribution in [1.82, 2.24) is 0 Å². The standard InChI is InChI=1S/C15H20N2O3/c1-9(2)15(19)17-8-10(3)20-14-5-4-11(6-12(14)17)13(18)7-16/h4-6,9-10H,7-8,16H2,1-3H3. The maximum absolute atomic E-state index is 12.3. The maximum atomic E-state index is 12.3. The number of carbonyl (C=O) groups is 2. The number of hydrogen-bond donors (Lipinski definition) is 1. The predicted octanol–water partition coefficient (Wildman–Crippen LogP) is 1.60. The van der Waals surface area contributed by atoms with Gasteiger partial charge in [-0.2, -0.15) is 0 Å². The number of nitrogens with zero attached hydrogens (tertiary/aromatic N) is 1. The summed E-state index contributed by atoms with van der Waals surface area (Å²) >= 11 is 0. The van der Waals surface area contributed by atoms with Crippen LogP contribution in [-0.2, 0) is 4.79 Å². The molecule has 0 fully saturated rings. The van der Waals surface area contributed by atoms with E-state index in [9.17, 15) is 9.59 Å². The average Bonchev–Trinajstić information content (AvgIpc) is 2.44. The molecule has 1 aromatic carbocycles. The number of nitrogens with two attached hydrogens (primary N) is 1. The molecule has 20 heavy (non-hydrogen) atoms. The molecule has 1 aromatic rings. The van der Waals surface area contributed by atoms with E-state index in [0.29, 0.717) is 23.5 Å². The molecule has 0 aromatic heterocycles. The molecular formula is C15H20N2O3. The molecule has 0 aliphatic carbocycles. The van der Waals surface area contributed by atoms with Gasteiger partial charge in [0.15, 0.2) is 5.78 Å². The maximum Gasteiger partial charge on any atom is 0.229 e. The smallest absolute Gasteiger partial charge is 0.229 e. The zero-order chi connectivity index (χ0) is 14.9. The second-order valence-corrected chi connectivity index (χ2v) is 5.34. The lowest BCUT2D eigenvalue weighted by atomic mass is 10.1. The summed E-state index contributed by atoms with van der Waals surface area (Å²) in [6.45, 7) is 6.08. The lowest BCUT2D eigenvalue weighted by Gasteiger charge is -2.34. The molecule has 0 spiro atoms. The Labute approximate surface area is 118 Å². The van der Waals surface area contributed by atoms with Crippen molar-refractivity contribution in [3.05, 3.63) is 23.8 Å². The average molecular weight is 276 g/mol. The van der Waals surface area contributed by atoms with Crippen molar-refractivity contribution >= 4 is 17.4 Å². The van der Waals surface area contributed by atoms with E-state index in [-0.39, 0.29) is 30.3 Å². The monoisotopic (exact) mass is 276 g/mol. The van der Waals surface area contributed by atoms with Crippen molar-refractivity contribution in [3.8, 4) is 5.75 Å². The zero-order valence-corrected chi connectivity index (χ0v) is 12.1. The second-order valence-electron chi connectivity index (χ2n) is 5.34. The summed E-state index contributed by atoms with van der Waals surface area (Å²) in [5, 5.41) is 0. The van der Waals surface area contributed by atoms with Crippen molar-refractivity contribution in [2.45, 2.75) is 26.9 Å². The lowest BCUT2D eigenvalue weighted by Crippen LogP contribution is -2.44. The van der Waals surface area contributed by atoms with E-state index in [1.807, 2.05) is 20.8 Å². The number of Topliss-reactive ketones (excluding diaryl/α,β-unsaturated/α-hetero) is 1. The van der Waals surface area contributed by atoms with E-state index in [0.717, 1.165) is 0 Å². The first-order valence-corrected chi connectivity index (χ1v) is 6.79. The molecule has 5 heteroatoms. The van der Waals surface area contributed by atoms with Gasteiger partial charge in [0.2, 0.25) is 5.91 Å². The fraction of sp³-hybridized carbons (Fsp3) is 0.467. The van der Waals surface area contributed by atoms with Crippen LogP contribution in [0.4, 0.5) is 5.69 Å². The van der Waals surface area contributed by atoms with Gasteiger partial charge >= 0.3 is 0 Å². The number of anilines is 1. The van der Waals surface area contributed by atoms with E-state index >= 15 is 0 Å². The van der Waals surface area contributed by atoms with Gasteiger partial charge in [0.25, 0.3) is 0 Å². The van der Waals surface area contributed by atoms with Gasteiger partial charge in [0, 0.05) is 11.5 Å². The van der Waals surface area contributed by atoms with Crippen LogP contribution in [0.15, 0.2) is 18.2 Å². The molecule has 108 valence electrons. The Morgan fingerprint density at radius 1 is 1.45 bits per heavy atom. The molecule has 0 saturated carbocycles. The Hall–Kier alpha value is -1.88. The van der Waals surface area contributed by atoms with Crippen LogP contribution in [0.25, 0.3) is 0 Å². The van der Waals surface area contributed by atoms with Crippen LogP contribution < -0.4 is 15.4 Å². The first-order valence-electron chi connectivity index (χ1n) is 6.79. The predicted molar refractivity (Wildman–Crippen MR) is 77.1 cm³/mol. The summed E-state index contributed by atoms with van der Waals surface area (Å²) in [4.78, 5) is 25.7. The number of fused-ring (bicyclic) bond motifs is 1. The van der Waals surface area contributed by atoms with E-state index < -0.39 is 0 Å². The molecule has 1 heterocycles. The van der Waals surface area contributed by atoms with Crippen LogP contribution in [0.5, 0.6) is 5.75 Å². The van der Waals surface area contributed by atoms with Gasteiger partial charge in [-0.1, -0.05) is 13.8 Å². The molecule has 0 saturated heterocycles. The number of amides is 1. The summed E-state index contributed by atoms with van der Waals surface area (Å²) in [7, 11) is 0. The second kappa shape index (κ2) is 5.63. The Bertz CT molecular complexity index is 540. The minimum absolute atomic E-state index is 0.0266. The van der Waals surface area contributed by atoms with Crippen LogP contribution in [-0.4, -0.2) is 30.9 Å². The number of rotatable bonds is 3. The topological polar surface area (TPSA) is 72.6 Å². The molecule has 0 bridgehead atoms. The highest BCUT2D eigenvalue weighted by Gasteiger charge is 2.29. The molecule has 1 atom stereocenters. The van der Waals surface area contributed by atoms with Crippen molar-refractivity contribution in [3.63, 3.8) is 0 Å². The molecule has 2 rings (SSSR count). The van der Waals surface area contributed by atoms with Gasteiger partial charge in [0.05, 0.1) is 18.8 Å². The third-order valence-corrected chi connectivity index (χ3v) is 3.28. The van der Waals surface area contributed by atoms with Gasteiger partial charge in [-0.25, -0.2) is 0 Å². The van der Waals surface area contributed by atoms with Crippen LogP contribution in [0.1, 0.15) is 31.1 Å². The third kappa shape index (κ3) is 2.67. The Balaban J connectivity index is 2.45. The minimum atomic E-state index is -0.150. The summed E-state index contributed by atoms with van der Waals surface area (Å²) < 4.78 is 5.72. The molecule has 1 aliphatic rings. The molecule has 1 amide bonds. The molecule has 1 unspecified atom stereocenters. The van der Waals surface area contributed by atoms with Gasteiger partial charge < -0.3 is 15.4 Å². The van der Waals surface area contributed by atoms with Crippen LogP contribution >= 0.6 is 0 Å². The van der Waals surface area contributed by atoms with Crippen molar-refractivity contribution in [2.75, 3.05) is 18.0 Å². The molecule has 0 radical (unpaired) electrons. The highest BCUT2D eigenvalue weighted by atomic mass is 16.5. The number of hydrogen-bond acceptors (Lipinski definition) is 4. The highest BCUT2D eigenvalue weighted by molar-refractivity contribution is 6.01. The van der Waals surface area contributed by atoms with Gasteiger partial charge in [-0.05, 0) is 25.1 Å². The van der Waals surface area contributed by atoms with Crippen LogP contribution in [0, 0.1) is 5.92 Å². The Morgan fingerprint density at radius 2 is 2.15 bits per heavy atom. The quantitative estimate of drug-likeness (QED) is 0.851. The van der Waals surface area contributed by atoms with Crippen molar-refractivity contribution in [2.24, 2.45) is 11.7 Å². The summed E-state index contributed by atoms with van der Waals surface area (Å²) in [5.74, 6) is 0.399. The molecule has 2 N–H and O–H groups in total. The van der Waals surface area contributed by atoms with Crippen LogP contribution in [0.3, 0.4) is 0 Å². The van der Waals surface area contributed by atoms with E-state index in [1.54, 1.807) is 23.1 Å². The van der Waals surface area contributed by atoms with E-state index in [4.69, 9.17) is 10.5 Å². The summed E-state index contributed by atoms with van der Waals surface area (Å²) in [5.41, 5.74) is 6.54. The lowest BCUT2D eigenvalue weighted by molar-refractivity contribution is -0.121. The third-order valence-electron chi connectivity index (χ3n) is 3.28. The number of benzene rings is 1. The van der Waals surface area contributed by atoms with Crippen LogP contribution in [0.2, 0.25) is 0 Å². The fourth-order valence-electron chi connectivity index (χ4n) is 2.25. The number of carbonyl (C=O) groups excluding carboxylic acids is 2.